The van der Waals surface area contributed by atoms with Crippen LogP contribution in [0.2, 0.25) is 0 Å². The first-order chi connectivity index (χ1) is 10.2. The number of aryl methyl sites for hydroxylation is 1. The molecule has 1 unspecified atom stereocenters. The zero-order valence-electron chi connectivity index (χ0n) is 13.1. The summed E-state index contributed by atoms with van der Waals surface area (Å²) >= 11 is 0. The van der Waals surface area contributed by atoms with Crippen molar-refractivity contribution in [3.05, 3.63) is 17.7 Å². The van der Waals surface area contributed by atoms with Crippen molar-refractivity contribution in [1.29, 1.82) is 0 Å². The first kappa shape index (κ1) is 14.4. The number of hydrogen-bond donors (Lipinski definition) is 1. The molecule has 2 fully saturated rings. The molecule has 5 heteroatoms. The largest absolute Gasteiger partial charge is 0.338 e. The predicted octanol–water partition coefficient (Wildman–Crippen LogP) is 2.83. The lowest BCUT2D eigenvalue weighted by molar-refractivity contribution is 0.165. The number of aromatic nitrogens is 2. The van der Waals surface area contributed by atoms with Crippen LogP contribution >= 0.6 is 0 Å². The van der Waals surface area contributed by atoms with Crippen molar-refractivity contribution in [3.8, 4) is 0 Å². The number of carbonyl (C=O) groups is 1. The molecule has 1 aliphatic heterocycles. The summed E-state index contributed by atoms with van der Waals surface area (Å²) in [5.74, 6) is 1.90. The van der Waals surface area contributed by atoms with Gasteiger partial charge in [0, 0.05) is 37.4 Å². The van der Waals surface area contributed by atoms with Crippen LogP contribution in [-0.2, 0) is 0 Å². The lowest BCUT2D eigenvalue weighted by Gasteiger charge is -2.34. The van der Waals surface area contributed by atoms with E-state index in [1.165, 1.54) is 24.4 Å². The molecule has 116 valence electrons. The summed E-state index contributed by atoms with van der Waals surface area (Å²) < 4.78 is 2.40. The van der Waals surface area contributed by atoms with Crippen molar-refractivity contribution in [3.63, 3.8) is 0 Å². The van der Waals surface area contributed by atoms with Gasteiger partial charge in [0.2, 0.25) is 0 Å². The normalized spacial score (nSPS) is 22.4. The number of urea groups is 1. The minimum Gasteiger partial charge on any atom is -0.338 e. The lowest BCUT2D eigenvalue weighted by atomic mass is 10.1. The van der Waals surface area contributed by atoms with Crippen molar-refractivity contribution in [2.75, 3.05) is 19.6 Å². The van der Waals surface area contributed by atoms with E-state index in [4.69, 9.17) is 0 Å². The first-order valence-electron chi connectivity index (χ1n) is 8.27. The Labute approximate surface area is 126 Å². The SMILES string of the molecule is CCCNC(=O)N1CCCC(n2c(C)cnc2C2CC2)C1. The highest BCUT2D eigenvalue weighted by atomic mass is 16.2. The van der Waals surface area contributed by atoms with Gasteiger partial charge in [-0.1, -0.05) is 6.92 Å². The third-order valence-electron chi connectivity index (χ3n) is 4.53. The van der Waals surface area contributed by atoms with E-state index in [0.717, 1.165) is 38.9 Å². The molecule has 1 aliphatic carbocycles. The zero-order valence-corrected chi connectivity index (χ0v) is 13.1. The Morgan fingerprint density at radius 3 is 2.95 bits per heavy atom. The van der Waals surface area contributed by atoms with Crippen LogP contribution < -0.4 is 5.32 Å². The van der Waals surface area contributed by atoms with Crippen LogP contribution in [-0.4, -0.2) is 40.1 Å². The van der Waals surface area contributed by atoms with Gasteiger partial charge in [-0.05, 0) is 39.0 Å². The van der Waals surface area contributed by atoms with Crippen LogP contribution in [0.5, 0.6) is 0 Å². The molecule has 2 aliphatic rings. The summed E-state index contributed by atoms with van der Waals surface area (Å²) in [7, 11) is 0. The van der Waals surface area contributed by atoms with E-state index in [1.54, 1.807) is 0 Å². The summed E-state index contributed by atoms with van der Waals surface area (Å²) in [6, 6.07) is 0.483. The number of imidazole rings is 1. The molecule has 5 nitrogen and oxygen atoms in total. The van der Waals surface area contributed by atoms with E-state index in [9.17, 15) is 4.79 Å². The number of piperidine rings is 1. The van der Waals surface area contributed by atoms with Crippen LogP contribution in [0.3, 0.4) is 0 Å². The van der Waals surface area contributed by atoms with Crippen molar-refractivity contribution in [2.24, 2.45) is 0 Å². The molecule has 0 spiro atoms. The highest BCUT2D eigenvalue weighted by Gasteiger charge is 2.33. The topological polar surface area (TPSA) is 50.2 Å². The second-order valence-electron chi connectivity index (χ2n) is 6.38. The monoisotopic (exact) mass is 290 g/mol. The van der Waals surface area contributed by atoms with Crippen LogP contribution in [0.1, 0.15) is 62.5 Å². The van der Waals surface area contributed by atoms with Gasteiger partial charge < -0.3 is 14.8 Å². The predicted molar refractivity (Wildman–Crippen MR) is 82.5 cm³/mol. The van der Waals surface area contributed by atoms with Crippen LogP contribution in [0.15, 0.2) is 6.20 Å². The van der Waals surface area contributed by atoms with E-state index in [0.29, 0.717) is 12.0 Å². The van der Waals surface area contributed by atoms with Crippen LogP contribution in [0.25, 0.3) is 0 Å². The maximum absolute atomic E-state index is 12.2. The van der Waals surface area contributed by atoms with Crippen LogP contribution in [0, 0.1) is 6.92 Å². The molecule has 0 bridgehead atoms. The van der Waals surface area contributed by atoms with E-state index in [-0.39, 0.29) is 6.03 Å². The minimum atomic E-state index is 0.0901. The summed E-state index contributed by atoms with van der Waals surface area (Å²) in [5, 5.41) is 2.99. The Balaban J connectivity index is 1.71. The molecule has 1 atom stereocenters. The van der Waals surface area contributed by atoms with E-state index in [2.05, 4.69) is 28.7 Å². The van der Waals surface area contributed by atoms with Gasteiger partial charge in [-0.25, -0.2) is 9.78 Å². The fourth-order valence-corrected chi connectivity index (χ4v) is 3.28. The third-order valence-corrected chi connectivity index (χ3v) is 4.53. The molecule has 3 rings (SSSR count). The Morgan fingerprint density at radius 2 is 2.24 bits per heavy atom. The Hall–Kier alpha value is -1.52. The molecule has 1 N–H and O–H groups in total. The van der Waals surface area contributed by atoms with E-state index >= 15 is 0 Å². The Morgan fingerprint density at radius 1 is 1.43 bits per heavy atom. The molecule has 0 radical (unpaired) electrons. The molecular weight excluding hydrogens is 264 g/mol. The number of nitrogens with one attached hydrogen (secondary N) is 1. The molecule has 1 saturated carbocycles. The Bertz CT molecular complexity index is 506. The second kappa shape index (κ2) is 6.08. The van der Waals surface area contributed by atoms with Crippen LogP contribution in [0.4, 0.5) is 4.79 Å². The van der Waals surface area contributed by atoms with E-state index in [1.807, 2.05) is 11.1 Å². The number of carbonyl (C=O) groups excluding carboxylic acids is 1. The van der Waals surface area contributed by atoms with Gasteiger partial charge in [0.05, 0.1) is 6.04 Å². The fourth-order valence-electron chi connectivity index (χ4n) is 3.28. The molecule has 2 amide bonds. The summed E-state index contributed by atoms with van der Waals surface area (Å²) in [4.78, 5) is 18.8. The smallest absolute Gasteiger partial charge is 0.317 e. The molecule has 1 aromatic heterocycles. The number of amides is 2. The number of hydrogen-bond acceptors (Lipinski definition) is 2. The number of rotatable bonds is 4. The van der Waals surface area contributed by atoms with Crippen molar-refractivity contribution in [2.45, 2.75) is 57.9 Å². The molecule has 1 saturated heterocycles. The summed E-state index contributed by atoms with van der Waals surface area (Å²) in [6.07, 6.45) is 7.73. The van der Waals surface area contributed by atoms with Gasteiger partial charge in [-0.15, -0.1) is 0 Å². The highest BCUT2D eigenvalue weighted by molar-refractivity contribution is 5.74. The zero-order chi connectivity index (χ0) is 14.8. The molecule has 0 aromatic carbocycles. The standard InChI is InChI=1S/C16H26N4O/c1-3-8-17-16(21)19-9-4-5-14(11-19)20-12(2)10-18-15(20)13-6-7-13/h10,13-14H,3-9,11H2,1-2H3,(H,17,21). The quantitative estimate of drug-likeness (QED) is 0.927. The maximum Gasteiger partial charge on any atom is 0.317 e. The lowest BCUT2D eigenvalue weighted by Crippen LogP contribution is -2.46. The van der Waals surface area contributed by atoms with Crippen molar-refractivity contribution >= 4 is 6.03 Å². The molecule has 1 aromatic rings. The van der Waals surface area contributed by atoms with Gasteiger partial charge >= 0.3 is 6.03 Å². The third kappa shape index (κ3) is 3.06. The van der Waals surface area contributed by atoms with Crippen molar-refractivity contribution in [1.82, 2.24) is 19.8 Å². The number of nitrogens with zero attached hydrogens (tertiary/aromatic N) is 3. The summed E-state index contributed by atoms with van der Waals surface area (Å²) in [5.41, 5.74) is 1.23. The van der Waals surface area contributed by atoms with Crippen molar-refractivity contribution < 1.29 is 4.79 Å². The van der Waals surface area contributed by atoms with Gasteiger partial charge in [-0.2, -0.15) is 0 Å². The van der Waals surface area contributed by atoms with E-state index < -0.39 is 0 Å². The molecular formula is C16H26N4O. The van der Waals surface area contributed by atoms with Gasteiger partial charge in [0.25, 0.3) is 0 Å². The molecule has 2 heterocycles. The van der Waals surface area contributed by atoms with Gasteiger partial charge in [0.15, 0.2) is 0 Å². The first-order valence-corrected chi connectivity index (χ1v) is 8.27. The minimum absolute atomic E-state index is 0.0901. The summed E-state index contributed by atoms with van der Waals surface area (Å²) in [6.45, 7) is 6.66. The number of likely N-dealkylation sites (tertiary alicyclic amines) is 1. The second-order valence-corrected chi connectivity index (χ2v) is 6.38. The maximum atomic E-state index is 12.2. The Kier molecular flexibility index (Phi) is 4.17. The average Bonchev–Trinajstić information content (AvgIpc) is 3.27. The van der Waals surface area contributed by atoms with Gasteiger partial charge in [0.1, 0.15) is 5.82 Å². The fraction of sp³-hybridized carbons (Fsp3) is 0.750. The highest BCUT2D eigenvalue weighted by Crippen LogP contribution is 2.41. The molecule has 21 heavy (non-hydrogen) atoms. The average molecular weight is 290 g/mol. The van der Waals surface area contributed by atoms with Gasteiger partial charge in [-0.3, -0.25) is 0 Å².